The monoisotopic (exact) mass is 456 g/mol. The van der Waals surface area contributed by atoms with Crippen LogP contribution in [0.25, 0.3) is 22.1 Å². The van der Waals surface area contributed by atoms with E-state index >= 15 is 0 Å². The molecule has 4 rings (SSSR count). The number of aromatic hydroxyl groups is 1. The number of carbonyl (C=O) groups is 1. The lowest BCUT2D eigenvalue weighted by Gasteiger charge is -2.34. The van der Waals surface area contributed by atoms with E-state index in [9.17, 15) is 14.7 Å². The molecule has 0 spiro atoms. The van der Waals surface area contributed by atoms with Gasteiger partial charge in [0.25, 0.3) is 0 Å². The number of nitrogens with zero attached hydrogens (tertiary/aromatic N) is 2. The number of amides is 1. The van der Waals surface area contributed by atoms with Crippen molar-refractivity contribution in [3.05, 3.63) is 63.0 Å². The number of phenolic OH excluding ortho intramolecular Hbond substituents is 1. The summed E-state index contributed by atoms with van der Waals surface area (Å²) >= 11 is 5.98. The number of phenols is 1. The zero-order valence-corrected chi connectivity index (χ0v) is 18.8. The second-order valence-electron chi connectivity index (χ2n) is 7.77. The molecule has 8 heteroatoms. The van der Waals surface area contributed by atoms with E-state index in [1.807, 2.05) is 0 Å². The van der Waals surface area contributed by atoms with Crippen molar-refractivity contribution in [1.82, 2.24) is 9.80 Å². The van der Waals surface area contributed by atoms with Crippen LogP contribution in [0.2, 0.25) is 5.02 Å². The molecule has 0 aliphatic carbocycles. The smallest absolute Gasteiger partial charge is 0.409 e. The molecular formula is C24H25ClN2O5. The molecule has 2 aromatic carbocycles. The number of benzene rings is 2. The molecule has 1 fully saturated rings. The Balaban J connectivity index is 1.65. The fourth-order valence-electron chi connectivity index (χ4n) is 4.04. The Morgan fingerprint density at radius 3 is 2.47 bits per heavy atom. The van der Waals surface area contributed by atoms with Crippen molar-refractivity contribution in [1.29, 1.82) is 0 Å². The van der Waals surface area contributed by atoms with Gasteiger partial charge in [-0.3, -0.25) is 9.69 Å². The standard InChI is InChI=1S/C24H25ClN2O5/c1-3-31-24(30)27-12-10-26(11-13-27)14-19-20(28)9-8-18-22(29)21(15(2)32-23(18)19)16-4-6-17(25)7-5-16/h4-9,28H,3,10-14H2,1-2H3. The number of ether oxygens (including phenoxy) is 1. The van der Waals surface area contributed by atoms with Crippen LogP contribution in [-0.2, 0) is 11.3 Å². The van der Waals surface area contributed by atoms with E-state index in [0.29, 0.717) is 72.2 Å². The molecule has 1 N–H and O–H groups in total. The lowest BCUT2D eigenvalue weighted by Crippen LogP contribution is -2.48. The molecule has 0 bridgehead atoms. The number of rotatable bonds is 4. The van der Waals surface area contributed by atoms with Gasteiger partial charge in [0.1, 0.15) is 17.1 Å². The number of piperazine rings is 1. The Morgan fingerprint density at radius 1 is 1.12 bits per heavy atom. The summed E-state index contributed by atoms with van der Waals surface area (Å²) in [6.45, 7) is 6.60. The maximum Gasteiger partial charge on any atom is 0.409 e. The van der Waals surface area contributed by atoms with Crippen LogP contribution in [0.4, 0.5) is 4.79 Å². The van der Waals surface area contributed by atoms with Crippen molar-refractivity contribution in [2.45, 2.75) is 20.4 Å². The van der Waals surface area contributed by atoms with Gasteiger partial charge in [-0.1, -0.05) is 23.7 Å². The topological polar surface area (TPSA) is 83.2 Å². The van der Waals surface area contributed by atoms with Gasteiger partial charge in [-0.15, -0.1) is 0 Å². The molecule has 168 valence electrons. The Morgan fingerprint density at radius 2 is 1.81 bits per heavy atom. The number of fused-ring (bicyclic) bond motifs is 1. The van der Waals surface area contributed by atoms with E-state index in [1.54, 1.807) is 49.1 Å². The van der Waals surface area contributed by atoms with Crippen LogP contribution >= 0.6 is 11.6 Å². The molecule has 1 amide bonds. The predicted molar refractivity (Wildman–Crippen MR) is 123 cm³/mol. The predicted octanol–water partition coefficient (Wildman–Crippen LogP) is 4.40. The first-order valence-corrected chi connectivity index (χ1v) is 10.9. The van der Waals surface area contributed by atoms with Gasteiger partial charge in [-0.25, -0.2) is 4.79 Å². The third-order valence-corrected chi connectivity index (χ3v) is 5.98. The maximum atomic E-state index is 13.3. The Kier molecular flexibility index (Phi) is 6.39. The minimum atomic E-state index is -0.309. The molecule has 7 nitrogen and oxygen atoms in total. The average molecular weight is 457 g/mol. The van der Waals surface area contributed by atoms with Crippen LogP contribution < -0.4 is 5.43 Å². The Hall–Kier alpha value is -3.03. The van der Waals surface area contributed by atoms with E-state index < -0.39 is 0 Å². The number of halogens is 1. The molecule has 1 aromatic heterocycles. The summed E-state index contributed by atoms with van der Waals surface area (Å²) < 4.78 is 11.2. The number of hydrogen-bond donors (Lipinski definition) is 1. The summed E-state index contributed by atoms with van der Waals surface area (Å²) in [6.07, 6.45) is -0.309. The van der Waals surface area contributed by atoms with Crippen LogP contribution in [-0.4, -0.2) is 53.8 Å². The highest BCUT2D eigenvalue weighted by Gasteiger charge is 2.24. The van der Waals surface area contributed by atoms with Crippen LogP contribution in [0.15, 0.2) is 45.6 Å². The fourth-order valence-corrected chi connectivity index (χ4v) is 4.17. The summed E-state index contributed by atoms with van der Waals surface area (Å²) in [7, 11) is 0. The SMILES string of the molecule is CCOC(=O)N1CCN(Cc2c(O)ccc3c(=O)c(-c4ccc(Cl)cc4)c(C)oc23)CC1. The Bertz CT molecular complexity index is 1200. The molecule has 1 aliphatic heterocycles. The van der Waals surface area contributed by atoms with Gasteiger partial charge < -0.3 is 19.2 Å². The van der Waals surface area contributed by atoms with Crippen LogP contribution in [0.3, 0.4) is 0 Å². The molecule has 1 saturated heterocycles. The third-order valence-electron chi connectivity index (χ3n) is 5.73. The zero-order valence-electron chi connectivity index (χ0n) is 18.1. The third kappa shape index (κ3) is 4.31. The van der Waals surface area contributed by atoms with E-state index in [-0.39, 0.29) is 17.3 Å². The summed E-state index contributed by atoms with van der Waals surface area (Å²) in [5.74, 6) is 0.552. The van der Waals surface area contributed by atoms with Gasteiger partial charge in [0, 0.05) is 37.7 Å². The zero-order chi connectivity index (χ0) is 22.8. The molecule has 0 saturated carbocycles. The van der Waals surface area contributed by atoms with Gasteiger partial charge >= 0.3 is 6.09 Å². The van der Waals surface area contributed by atoms with E-state index in [1.165, 1.54) is 6.07 Å². The summed E-state index contributed by atoms with van der Waals surface area (Å²) in [5, 5.41) is 11.6. The highest BCUT2D eigenvalue weighted by Crippen LogP contribution is 2.31. The average Bonchev–Trinajstić information content (AvgIpc) is 2.78. The van der Waals surface area contributed by atoms with E-state index in [0.717, 1.165) is 5.56 Å². The molecule has 0 atom stereocenters. The highest BCUT2D eigenvalue weighted by atomic mass is 35.5. The van der Waals surface area contributed by atoms with Gasteiger partial charge in [-0.05, 0) is 43.7 Å². The van der Waals surface area contributed by atoms with Crippen molar-refractivity contribution in [2.24, 2.45) is 0 Å². The summed E-state index contributed by atoms with van der Waals surface area (Å²) in [6, 6.07) is 10.2. The molecule has 3 aromatic rings. The van der Waals surface area contributed by atoms with Crippen molar-refractivity contribution in [2.75, 3.05) is 32.8 Å². The normalized spacial score (nSPS) is 14.7. The first kappa shape index (κ1) is 22.2. The van der Waals surface area contributed by atoms with Gasteiger partial charge in [0.05, 0.1) is 23.1 Å². The number of hydrogen-bond acceptors (Lipinski definition) is 6. The maximum absolute atomic E-state index is 13.3. The van der Waals surface area contributed by atoms with Crippen LogP contribution in [0, 0.1) is 6.92 Å². The Labute approximate surface area is 190 Å². The van der Waals surface area contributed by atoms with E-state index in [4.69, 9.17) is 20.8 Å². The summed E-state index contributed by atoms with van der Waals surface area (Å²) in [4.78, 5) is 29.0. The van der Waals surface area contributed by atoms with Crippen molar-refractivity contribution in [3.8, 4) is 16.9 Å². The second-order valence-corrected chi connectivity index (χ2v) is 8.21. The van der Waals surface area contributed by atoms with Crippen LogP contribution in [0.1, 0.15) is 18.2 Å². The fraction of sp³-hybridized carbons (Fsp3) is 0.333. The minimum absolute atomic E-state index is 0.0760. The molecule has 2 heterocycles. The first-order valence-electron chi connectivity index (χ1n) is 10.6. The second kappa shape index (κ2) is 9.22. The van der Waals surface area contributed by atoms with Gasteiger partial charge in [0.15, 0.2) is 0 Å². The molecule has 0 unspecified atom stereocenters. The molecule has 0 radical (unpaired) electrons. The quantitative estimate of drug-likeness (QED) is 0.626. The lowest BCUT2D eigenvalue weighted by molar-refractivity contribution is 0.0776. The van der Waals surface area contributed by atoms with Crippen LogP contribution in [0.5, 0.6) is 5.75 Å². The highest BCUT2D eigenvalue weighted by molar-refractivity contribution is 6.30. The van der Waals surface area contributed by atoms with Crippen molar-refractivity contribution >= 4 is 28.7 Å². The van der Waals surface area contributed by atoms with Gasteiger partial charge in [0.2, 0.25) is 5.43 Å². The van der Waals surface area contributed by atoms with E-state index in [2.05, 4.69) is 4.90 Å². The van der Waals surface area contributed by atoms with Crippen molar-refractivity contribution in [3.63, 3.8) is 0 Å². The molecule has 1 aliphatic rings. The van der Waals surface area contributed by atoms with Crippen molar-refractivity contribution < 1.29 is 19.1 Å². The summed E-state index contributed by atoms with van der Waals surface area (Å²) in [5.41, 5.74) is 2.01. The number of aryl methyl sites for hydroxylation is 1. The first-order chi connectivity index (χ1) is 15.4. The lowest BCUT2D eigenvalue weighted by atomic mass is 10.0. The molecular weight excluding hydrogens is 432 g/mol. The largest absolute Gasteiger partial charge is 0.507 e. The van der Waals surface area contributed by atoms with Gasteiger partial charge in [-0.2, -0.15) is 0 Å². The minimum Gasteiger partial charge on any atom is -0.507 e. The number of carbonyl (C=O) groups excluding carboxylic acids is 1. The molecule has 32 heavy (non-hydrogen) atoms.